The number of nitrogens with one attached hydrogen (secondary N) is 1. The van der Waals surface area contributed by atoms with E-state index in [0.717, 1.165) is 46.5 Å². The van der Waals surface area contributed by atoms with Crippen LogP contribution in [0.1, 0.15) is 24.5 Å². The van der Waals surface area contributed by atoms with Gasteiger partial charge in [0, 0.05) is 18.1 Å². The molecule has 1 unspecified atom stereocenters. The molecule has 17 heavy (non-hydrogen) atoms. The van der Waals surface area contributed by atoms with Crippen molar-refractivity contribution in [2.75, 3.05) is 30.0 Å². The van der Waals surface area contributed by atoms with Crippen LogP contribution in [0.2, 0.25) is 0 Å². The molecule has 0 amide bonds. The first-order chi connectivity index (χ1) is 8.22. The van der Waals surface area contributed by atoms with Crippen LogP contribution in [0, 0.1) is 6.92 Å². The number of hydrogen-bond acceptors (Lipinski definition) is 5. The summed E-state index contributed by atoms with van der Waals surface area (Å²) in [6.07, 6.45) is 0.0259. The molecule has 1 atom stereocenters. The molecule has 0 spiro atoms. The molecule has 1 aliphatic rings. The van der Waals surface area contributed by atoms with E-state index in [1.165, 1.54) is 0 Å². The SMILES string of the molecule is CCNc1nc(C2CSCCO2)nc(C)c1Br. The second kappa shape index (κ2) is 6.02. The number of rotatable bonds is 3. The van der Waals surface area contributed by atoms with Crippen molar-refractivity contribution in [1.82, 2.24) is 9.97 Å². The van der Waals surface area contributed by atoms with E-state index in [0.29, 0.717) is 0 Å². The third kappa shape index (κ3) is 3.11. The van der Waals surface area contributed by atoms with Crippen LogP contribution in [0.5, 0.6) is 0 Å². The van der Waals surface area contributed by atoms with Crippen LogP contribution >= 0.6 is 27.7 Å². The molecule has 0 bridgehead atoms. The smallest absolute Gasteiger partial charge is 0.160 e. The Morgan fingerprint density at radius 2 is 2.35 bits per heavy atom. The zero-order valence-corrected chi connectivity index (χ0v) is 12.4. The molecule has 0 aliphatic carbocycles. The van der Waals surface area contributed by atoms with Crippen molar-refractivity contribution in [2.45, 2.75) is 20.0 Å². The monoisotopic (exact) mass is 317 g/mol. The average Bonchev–Trinajstić information content (AvgIpc) is 2.36. The van der Waals surface area contributed by atoms with Gasteiger partial charge >= 0.3 is 0 Å². The topological polar surface area (TPSA) is 47.0 Å². The molecule has 0 radical (unpaired) electrons. The van der Waals surface area contributed by atoms with Crippen molar-refractivity contribution in [3.05, 3.63) is 16.0 Å². The zero-order chi connectivity index (χ0) is 12.3. The standard InChI is InChI=1S/C11H16BrN3OS/c1-3-13-11-9(12)7(2)14-10(15-11)8-6-17-5-4-16-8/h8H,3-6H2,1-2H3,(H,13,14,15). The van der Waals surface area contributed by atoms with Gasteiger partial charge in [0.2, 0.25) is 0 Å². The van der Waals surface area contributed by atoms with Crippen molar-refractivity contribution < 1.29 is 4.74 Å². The van der Waals surface area contributed by atoms with Gasteiger partial charge in [0.15, 0.2) is 5.82 Å². The van der Waals surface area contributed by atoms with E-state index in [4.69, 9.17) is 4.74 Å². The molecule has 1 aromatic rings. The molecule has 1 N–H and O–H groups in total. The van der Waals surface area contributed by atoms with Gasteiger partial charge in [-0.15, -0.1) is 0 Å². The van der Waals surface area contributed by atoms with Gasteiger partial charge < -0.3 is 10.1 Å². The Labute approximate surface area is 114 Å². The molecule has 0 saturated carbocycles. The van der Waals surface area contributed by atoms with Crippen molar-refractivity contribution in [1.29, 1.82) is 0 Å². The molecule has 94 valence electrons. The lowest BCUT2D eigenvalue weighted by Crippen LogP contribution is -2.19. The number of nitrogens with zero attached hydrogens (tertiary/aromatic N) is 2. The molecule has 2 rings (SSSR count). The Balaban J connectivity index is 2.27. The summed E-state index contributed by atoms with van der Waals surface area (Å²) in [5.74, 6) is 3.64. The quantitative estimate of drug-likeness (QED) is 0.928. The molecule has 1 fully saturated rings. The van der Waals surface area contributed by atoms with Crippen molar-refractivity contribution >= 4 is 33.5 Å². The summed E-state index contributed by atoms with van der Waals surface area (Å²) in [6, 6.07) is 0. The molecule has 0 aromatic carbocycles. The van der Waals surface area contributed by atoms with Crippen LogP contribution < -0.4 is 5.32 Å². The van der Waals surface area contributed by atoms with Crippen LogP contribution in [0.25, 0.3) is 0 Å². The van der Waals surface area contributed by atoms with Crippen LogP contribution in [-0.2, 0) is 4.74 Å². The summed E-state index contributed by atoms with van der Waals surface area (Å²) in [7, 11) is 0. The number of halogens is 1. The lowest BCUT2D eigenvalue weighted by atomic mass is 10.3. The Hall–Kier alpha value is -0.330. The van der Waals surface area contributed by atoms with Gasteiger partial charge in [-0.3, -0.25) is 0 Å². The van der Waals surface area contributed by atoms with Gasteiger partial charge in [-0.05, 0) is 29.8 Å². The number of thioether (sulfide) groups is 1. The molecule has 1 aliphatic heterocycles. The summed E-state index contributed by atoms with van der Waals surface area (Å²) in [4.78, 5) is 9.04. The minimum Gasteiger partial charge on any atom is -0.369 e. The van der Waals surface area contributed by atoms with E-state index in [9.17, 15) is 0 Å². The lowest BCUT2D eigenvalue weighted by molar-refractivity contribution is 0.0694. The van der Waals surface area contributed by atoms with E-state index in [2.05, 4.69) is 38.1 Å². The Kier molecular flexibility index (Phi) is 4.64. The van der Waals surface area contributed by atoms with Gasteiger partial charge in [0.05, 0.1) is 16.8 Å². The van der Waals surface area contributed by atoms with E-state index in [-0.39, 0.29) is 6.10 Å². The first kappa shape index (κ1) is 13.1. The second-order valence-corrected chi connectivity index (χ2v) is 5.74. The fourth-order valence-corrected chi connectivity index (χ4v) is 2.80. The fraction of sp³-hybridized carbons (Fsp3) is 0.636. The molecular weight excluding hydrogens is 302 g/mol. The molecular formula is C11H16BrN3OS. The number of aromatic nitrogens is 2. The number of anilines is 1. The van der Waals surface area contributed by atoms with Crippen molar-refractivity contribution in [3.63, 3.8) is 0 Å². The van der Waals surface area contributed by atoms with Gasteiger partial charge in [0.1, 0.15) is 11.9 Å². The number of hydrogen-bond donors (Lipinski definition) is 1. The molecule has 1 aromatic heterocycles. The Morgan fingerprint density at radius 1 is 1.53 bits per heavy atom. The molecule has 6 heteroatoms. The fourth-order valence-electron chi connectivity index (χ4n) is 1.65. The van der Waals surface area contributed by atoms with E-state index >= 15 is 0 Å². The predicted octanol–water partition coefficient (Wildman–Crippen LogP) is 2.78. The molecule has 2 heterocycles. The number of ether oxygens (including phenoxy) is 1. The summed E-state index contributed by atoms with van der Waals surface area (Å²) in [6.45, 7) is 5.65. The van der Waals surface area contributed by atoms with Crippen LogP contribution in [-0.4, -0.2) is 34.6 Å². The van der Waals surface area contributed by atoms with Gasteiger partial charge in [-0.1, -0.05) is 0 Å². The Morgan fingerprint density at radius 3 is 3.00 bits per heavy atom. The maximum atomic E-state index is 5.70. The summed E-state index contributed by atoms with van der Waals surface area (Å²) < 4.78 is 6.64. The van der Waals surface area contributed by atoms with Crippen LogP contribution in [0.4, 0.5) is 5.82 Å². The average molecular weight is 318 g/mol. The minimum absolute atomic E-state index is 0.0259. The van der Waals surface area contributed by atoms with Gasteiger partial charge in [0.25, 0.3) is 0 Å². The highest BCUT2D eigenvalue weighted by Gasteiger charge is 2.21. The highest BCUT2D eigenvalue weighted by atomic mass is 79.9. The lowest BCUT2D eigenvalue weighted by Gasteiger charge is -2.22. The normalized spacial score (nSPS) is 20.3. The largest absolute Gasteiger partial charge is 0.369 e. The van der Waals surface area contributed by atoms with Crippen LogP contribution in [0.3, 0.4) is 0 Å². The van der Waals surface area contributed by atoms with Crippen molar-refractivity contribution in [3.8, 4) is 0 Å². The second-order valence-electron chi connectivity index (χ2n) is 3.79. The van der Waals surface area contributed by atoms with Gasteiger partial charge in [-0.25, -0.2) is 9.97 Å². The van der Waals surface area contributed by atoms with Gasteiger partial charge in [-0.2, -0.15) is 11.8 Å². The highest BCUT2D eigenvalue weighted by molar-refractivity contribution is 9.10. The maximum absolute atomic E-state index is 5.70. The zero-order valence-electron chi connectivity index (χ0n) is 9.99. The van der Waals surface area contributed by atoms with Crippen molar-refractivity contribution in [2.24, 2.45) is 0 Å². The third-order valence-electron chi connectivity index (χ3n) is 2.48. The third-order valence-corrected chi connectivity index (χ3v) is 4.43. The first-order valence-electron chi connectivity index (χ1n) is 5.69. The van der Waals surface area contributed by atoms with Crippen LogP contribution in [0.15, 0.2) is 4.47 Å². The summed E-state index contributed by atoms with van der Waals surface area (Å²) in [5, 5.41) is 3.24. The van der Waals surface area contributed by atoms with E-state index in [1.54, 1.807) is 0 Å². The van der Waals surface area contributed by atoms with E-state index in [1.807, 2.05) is 18.7 Å². The number of aryl methyl sites for hydroxylation is 1. The maximum Gasteiger partial charge on any atom is 0.160 e. The predicted molar refractivity (Wildman–Crippen MR) is 74.7 cm³/mol. The highest BCUT2D eigenvalue weighted by Crippen LogP contribution is 2.29. The first-order valence-corrected chi connectivity index (χ1v) is 7.64. The minimum atomic E-state index is 0.0259. The Bertz CT molecular complexity index is 397. The summed E-state index contributed by atoms with van der Waals surface area (Å²) >= 11 is 5.40. The molecule has 1 saturated heterocycles. The van der Waals surface area contributed by atoms with E-state index < -0.39 is 0 Å². The summed E-state index contributed by atoms with van der Waals surface area (Å²) in [5.41, 5.74) is 0.949. The molecule has 4 nitrogen and oxygen atoms in total.